The molecule has 1 aliphatic rings. The van der Waals surface area contributed by atoms with E-state index in [-0.39, 0.29) is 5.91 Å². The molecule has 1 saturated carbocycles. The Morgan fingerprint density at radius 1 is 1.05 bits per heavy atom. The number of nitrogens with one attached hydrogen (secondary N) is 1. The van der Waals surface area contributed by atoms with E-state index in [2.05, 4.69) is 27.9 Å². The molecular formula is C15H18INO3. The summed E-state index contributed by atoms with van der Waals surface area (Å²) in [6, 6.07) is 7.14. The molecule has 0 heterocycles. The molecule has 0 atom stereocenters. The predicted molar refractivity (Wildman–Crippen MR) is 84.7 cm³/mol. The van der Waals surface area contributed by atoms with Crippen molar-refractivity contribution in [2.24, 2.45) is 0 Å². The standard InChI is InChI=1S/C15H18INO3/c16-12-7-5-11(6-8-12)13(18)17-15(14(19)20)9-3-1-2-4-10-15/h5-8H,1-4,9-10H2,(H,17,18)(H,19,20). The second kappa shape index (κ2) is 6.56. The fraction of sp³-hybridized carbons (Fsp3) is 0.467. The van der Waals surface area contributed by atoms with Gasteiger partial charge in [0.25, 0.3) is 5.91 Å². The van der Waals surface area contributed by atoms with Crippen molar-refractivity contribution in [3.05, 3.63) is 33.4 Å². The SMILES string of the molecule is O=C(NC1(C(=O)O)CCCCCC1)c1ccc(I)cc1. The summed E-state index contributed by atoms with van der Waals surface area (Å²) in [6.07, 6.45) is 4.79. The molecule has 1 fully saturated rings. The van der Waals surface area contributed by atoms with Gasteiger partial charge >= 0.3 is 5.97 Å². The normalized spacial score (nSPS) is 18.1. The lowest BCUT2D eigenvalue weighted by atomic mass is 9.90. The first-order valence-corrected chi connectivity index (χ1v) is 7.93. The summed E-state index contributed by atoms with van der Waals surface area (Å²) < 4.78 is 1.04. The molecule has 0 spiro atoms. The zero-order valence-corrected chi connectivity index (χ0v) is 13.4. The van der Waals surface area contributed by atoms with E-state index in [1.807, 2.05) is 12.1 Å². The monoisotopic (exact) mass is 387 g/mol. The van der Waals surface area contributed by atoms with Crippen LogP contribution in [0.3, 0.4) is 0 Å². The lowest BCUT2D eigenvalue weighted by molar-refractivity contribution is -0.145. The minimum Gasteiger partial charge on any atom is -0.480 e. The molecular weight excluding hydrogens is 369 g/mol. The van der Waals surface area contributed by atoms with E-state index in [0.717, 1.165) is 29.3 Å². The van der Waals surface area contributed by atoms with E-state index in [1.165, 1.54) is 0 Å². The summed E-state index contributed by atoms with van der Waals surface area (Å²) in [5.74, 6) is -1.22. The van der Waals surface area contributed by atoms with E-state index >= 15 is 0 Å². The molecule has 2 N–H and O–H groups in total. The summed E-state index contributed by atoms with van der Waals surface area (Å²) >= 11 is 2.17. The number of carbonyl (C=O) groups is 2. The Morgan fingerprint density at radius 2 is 1.60 bits per heavy atom. The Morgan fingerprint density at radius 3 is 2.10 bits per heavy atom. The van der Waals surface area contributed by atoms with Gasteiger partial charge in [0.05, 0.1) is 0 Å². The van der Waals surface area contributed by atoms with Crippen molar-refractivity contribution in [1.29, 1.82) is 0 Å². The van der Waals surface area contributed by atoms with Crippen molar-refractivity contribution in [3.8, 4) is 0 Å². The van der Waals surface area contributed by atoms with Crippen LogP contribution in [0.2, 0.25) is 0 Å². The zero-order chi connectivity index (χ0) is 14.6. The van der Waals surface area contributed by atoms with Crippen LogP contribution in [0.5, 0.6) is 0 Å². The fourth-order valence-corrected chi connectivity index (χ4v) is 2.97. The molecule has 2 rings (SSSR count). The second-order valence-corrected chi connectivity index (χ2v) is 6.51. The Kier molecular flexibility index (Phi) is 5.01. The maximum absolute atomic E-state index is 12.3. The summed E-state index contributed by atoms with van der Waals surface area (Å²) in [7, 11) is 0. The number of hydrogen-bond donors (Lipinski definition) is 2. The summed E-state index contributed by atoms with van der Waals surface area (Å²) in [6.45, 7) is 0. The lowest BCUT2D eigenvalue weighted by Gasteiger charge is -2.29. The van der Waals surface area contributed by atoms with Crippen LogP contribution in [0.25, 0.3) is 0 Å². The molecule has 1 aromatic rings. The largest absolute Gasteiger partial charge is 0.480 e. The van der Waals surface area contributed by atoms with Gasteiger partial charge in [0.15, 0.2) is 0 Å². The van der Waals surface area contributed by atoms with Crippen molar-refractivity contribution in [3.63, 3.8) is 0 Å². The van der Waals surface area contributed by atoms with Crippen LogP contribution in [0, 0.1) is 3.57 Å². The Balaban J connectivity index is 2.17. The van der Waals surface area contributed by atoms with Gasteiger partial charge in [0.1, 0.15) is 5.54 Å². The van der Waals surface area contributed by atoms with Gasteiger partial charge in [-0.1, -0.05) is 25.7 Å². The average Bonchev–Trinajstić information content (AvgIpc) is 2.66. The van der Waals surface area contributed by atoms with E-state index in [1.54, 1.807) is 12.1 Å². The highest BCUT2D eigenvalue weighted by Gasteiger charge is 2.40. The van der Waals surface area contributed by atoms with E-state index in [9.17, 15) is 14.7 Å². The molecule has 1 aliphatic carbocycles. The summed E-state index contributed by atoms with van der Waals surface area (Å²) in [5, 5.41) is 12.3. The molecule has 1 aromatic carbocycles. The topological polar surface area (TPSA) is 66.4 Å². The molecule has 0 radical (unpaired) electrons. The number of amides is 1. The molecule has 0 unspecified atom stereocenters. The molecule has 0 bridgehead atoms. The van der Waals surface area contributed by atoms with Gasteiger partial charge in [0, 0.05) is 9.13 Å². The van der Waals surface area contributed by atoms with Crippen molar-refractivity contribution in [2.45, 2.75) is 44.1 Å². The van der Waals surface area contributed by atoms with Gasteiger partial charge in [-0.25, -0.2) is 4.79 Å². The van der Waals surface area contributed by atoms with E-state index in [4.69, 9.17) is 0 Å². The van der Waals surface area contributed by atoms with Crippen molar-refractivity contribution < 1.29 is 14.7 Å². The number of hydrogen-bond acceptors (Lipinski definition) is 2. The lowest BCUT2D eigenvalue weighted by Crippen LogP contribution is -2.54. The van der Waals surface area contributed by atoms with Crippen molar-refractivity contribution in [2.75, 3.05) is 0 Å². The molecule has 1 amide bonds. The summed E-state index contributed by atoms with van der Waals surface area (Å²) in [5.41, 5.74) is -0.591. The van der Waals surface area contributed by atoms with Crippen LogP contribution >= 0.6 is 22.6 Å². The Hall–Kier alpha value is -1.11. The number of carboxylic acids is 1. The first-order chi connectivity index (χ1) is 9.53. The minimum atomic E-state index is -1.10. The quantitative estimate of drug-likeness (QED) is 0.619. The fourth-order valence-electron chi connectivity index (χ4n) is 2.62. The van der Waals surface area contributed by atoms with E-state index < -0.39 is 11.5 Å². The predicted octanol–water partition coefficient (Wildman–Crippen LogP) is 3.20. The number of benzene rings is 1. The van der Waals surface area contributed by atoms with Crippen molar-refractivity contribution in [1.82, 2.24) is 5.32 Å². The highest BCUT2D eigenvalue weighted by atomic mass is 127. The molecule has 4 nitrogen and oxygen atoms in total. The highest BCUT2D eigenvalue weighted by molar-refractivity contribution is 14.1. The smallest absolute Gasteiger partial charge is 0.329 e. The molecule has 0 aromatic heterocycles. The van der Waals surface area contributed by atoms with Gasteiger partial charge in [-0.15, -0.1) is 0 Å². The molecule has 5 heteroatoms. The van der Waals surface area contributed by atoms with Crippen molar-refractivity contribution >= 4 is 34.5 Å². The number of aliphatic carboxylic acids is 1. The number of halogens is 1. The highest BCUT2D eigenvalue weighted by Crippen LogP contribution is 2.28. The van der Waals surface area contributed by atoms with Crippen LogP contribution in [-0.2, 0) is 4.79 Å². The Bertz CT molecular complexity index is 490. The van der Waals surface area contributed by atoms with E-state index in [0.29, 0.717) is 18.4 Å². The van der Waals surface area contributed by atoms with Crippen LogP contribution < -0.4 is 5.32 Å². The Labute approximate surface area is 132 Å². The van der Waals surface area contributed by atoms with Gasteiger partial charge in [-0.2, -0.15) is 0 Å². The molecule has 0 aliphatic heterocycles. The maximum Gasteiger partial charge on any atom is 0.329 e. The molecule has 108 valence electrons. The molecule has 20 heavy (non-hydrogen) atoms. The van der Waals surface area contributed by atoms with Gasteiger partial charge < -0.3 is 10.4 Å². The van der Waals surface area contributed by atoms with Gasteiger partial charge in [0.2, 0.25) is 0 Å². The second-order valence-electron chi connectivity index (χ2n) is 5.26. The van der Waals surface area contributed by atoms with Crippen LogP contribution in [0.4, 0.5) is 0 Å². The first kappa shape index (κ1) is 15.3. The average molecular weight is 387 g/mol. The van der Waals surface area contributed by atoms with Crippen LogP contribution in [-0.4, -0.2) is 22.5 Å². The molecule has 0 saturated heterocycles. The van der Waals surface area contributed by atoms with Gasteiger partial charge in [-0.3, -0.25) is 4.79 Å². The van der Waals surface area contributed by atoms with Crippen LogP contribution in [0.1, 0.15) is 48.9 Å². The third kappa shape index (κ3) is 3.50. The first-order valence-electron chi connectivity index (χ1n) is 6.85. The maximum atomic E-state index is 12.3. The third-order valence-corrected chi connectivity index (χ3v) is 4.54. The third-order valence-electron chi connectivity index (χ3n) is 3.83. The van der Waals surface area contributed by atoms with Crippen LogP contribution in [0.15, 0.2) is 24.3 Å². The number of carbonyl (C=O) groups excluding carboxylic acids is 1. The zero-order valence-electron chi connectivity index (χ0n) is 11.2. The summed E-state index contributed by atoms with van der Waals surface area (Å²) in [4.78, 5) is 23.9. The minimum absolute atomic E-state index is 0.300. The number of carboxylic acid groups (broad SMARTS) is 1. The van der Waals surface area contributed by atoms with Gasteiger partial charge in [-0.05, 0) is 59.7 Å². The number of rotatable bonds is 3.